The summed E-state index contributed by atoms with van der Waals surface area (Å²) >= 11 is 0. The van der Waals surface area contributed by atoms with Crippen LogP contribution >= 0.6 is 0 Å². The van der Waals surface area contributed by atoms with E-state index in [1.165, 1.54) is 37.7 Å². The predicted octanol–water partition coefficient (Wildman–Crippen LogP) is 1.98. The van der Waals surface area contributed by atoms with E-state index in [1.54, 1.807) is 6.92 Å². The molecule has 1 amide bonds. The smallest absolute Gasteiger partial charge is 0.305 e. The number of sulfonamides is 1. The fraction of sp³-hybridized carbons (Fsp3) is 0.400. The minimum Gasteiger partial charge on any atom is -0.305 e. The Hall–Kier alpha value is -3.35. The van der Waals surface area contributed by atoms with E-state index in [4.69, 9.17) is 0 Å². The number of aromatic nitrogens is 4. The lowest BCUT2D eigenvalue weighted by atomic mass is 9.96. The minimum absolute atomic E-state index is 0.0133. The summed E-state index contributed by atoms with van der Waals surface area (Å²) < 4.78 is 54.3. The molecule has 178 valence electrons. The second-order valence-electron chi connectivity index (χ2n) is 8.43. The number of H-pyrrole nitrogens is 1. The zero-order valence-electron chi connectivity index (χ0n) is 18.6. The van der Waals surface area contributed by atoms with Crippen LogP contribution < -0.4 is 15.7 Å². The van der Waals surface area contributed by atoms with Gasteiger partial charge in [0.15, 0.2) is 0 Å². The Balaban J connectivity index is 2.44. The molecular formula is C20H23F2N5O5S. The van der Waals surface area contributed by atoms with Crippen LogP contribution in [0.2, 0.25) is 0 Å². The van der Waals surface area contributed by atoms with Gasteiger partial charge in [0.05, 0.1) is 22.9 Å². The van der Waals surface area contributed by atoms with Gasteiger partial charge in [-0.25, -0.2) is 22.0 Å². The van der Waals surface area contributed by atoms with Gasteiger partial charge in [-0.1, -0.05) is 20.8 Å². The van der Waals surface area contributed by atoms with Crippen LogP contribution in [0.1, 0.15) is 39.7 Å². The molecule has 2 aromatic heterocycles. The summed E-state index contributed by atoms with van der Waals surface area (Å²) in [5, 5.41) is 3.80. The minimum atomic E-state index is -4.41. The monoisotopic (exact) mass is 483 g/mol. The van der Waals surface area contributed by atoms with Crippen LogP contribution in [0.5, 0.6) is 0 Å². The highest BCUT2D eigenvalue weighted by molar-refractivity contribution is 7.92. The van der Waals surface area contributed by atoms with Crippen molar-refractivity contribution >= 4 is 26.8 Å². The number of amides is 1. The summed E-state index contributed by atoms with van der Waals surface area (Å²) in [5.74, 6) is -1.02. The Morgan fingerprint density at radius 2 is 1.88 bits per heavy atom. The van der Waals surface area contributed by atoms with E-state index in [-0.39, 0.29) is 25.6 Å². The second-order valence-corrected chi connectivity index (χ2v) is 10.2. The number of halogens is 2. The number of carbonyl (C=O) groups is 1. The molecular weight excluding hydrogens is 460 g/mol. The normalized spacial score (nSPS) is 12.5. The summed E-state index contributed by atoms with van der Waals surface area (Å²) in [6.07, 6.45) is -0.847. The van der Waals surface area contributed by atoms with Gasteiger partial charge in [0, 0.05) is 29.3 Å². The third-order valence-electron chi connectivity index (χ3n) is 4.88. The van der Waals surface area contributed by atoms with Crippen molar-refractivity contribution < 1.29 is 22.0 Å². The zero-order valence-corrected chi connectivity index (χ0v) is 19.4. The van der Waals surface area contributed by atoms with Crippen LogP contribution in [0.15, 0.2) is 34.0 Å². The molecule has 0 unspecified atom stereocenters. The van der Waals surface area contributed by atoms with E-state index < -0.39 is 44.6 Å². The summed E-state index contributed by atoms with van der Waals surface area (Å²) in [6, 6.07) is 3.59. The lowest BCUT2D eigenvalue weighted by Crippen LogP contribution is -2.58. The maximum atomic E-state index is 13.8. The van der Waals surface area contributed by atoms with Gasteiger partial charge in [0.1, 0.15) is 0 Å². The Morgan fingerprint density at radius 1 is 1.24 bits per heavy atom. The number of aryl methyl sites for hydroxylation is 1. The molecule has 13 heteroatoms. The molecule has 33 heavy (non-hydrogen) atoms. The van der Waals surface area contributed by atoms with E-state index in [0.29, 0.717) is 18.5 Å². The molecule has 1 aromatic carbocycles. The molecule has 0 fully saturated rings. The number of nitrogens with one attached hydrogen (secondary N) is 1. The quantitative estimate of drug-likeness (QED) is 0.591. The Morgan fingerprint density at radius 3 is 2.39 bits per heavy atom. The Bertz CT molecular complexity index is 1460. The number of nitrogens with zero attached hydrogens (tertiary/aromatic N) is 4. The number of aromatic amines is 1. The standard InChI is InChI=1S/C20H23F2N5O5S/c1-6-25-15(7-8-23-25)11-9-13-14(10-12(11)16(21)22)24-19(30)26(17(13)28)27(33(5,31)32)18(29)20(2,3)4/h7-10,16H,6H2,1-5H3,(H,24,30). The number of alkyl halides is 2. The first kappa shape index (κ1) is 24.3. The van der Waals surface area contributed by atoms with Gasteiger partial charge in [-0.2, -0.15) is 5.10 Å². The van der Waals surface area contributed by atoms with Crippen molar-refractivity contribution in [1.82, 2.24) is 19.4 Å². The number of carbonyl (C=O) groups excluding carboxylic acids is 1. The summed E-state index contributed by atoms with van der Waals surface area (Å²) in [4.78, 5) is 41.1. The Labute approximate surface area is 187 Å². The fourth-order valence-electron chi connectivity index (χ4n) is 3.33. The number of hydrogen-bond acceptors (Lipinski definition) is 6. The van der Waals surface area contributed by atoms with Crippen LogP contribution in [0.3, 0.4) is 0 Å². The average Bonchev–Trinajstić information content (AvgIpc) is 3.16. The van der Waals surface area contributed by atoms with Crippen molar-refractivity contribution in [2.24, 2.45) is 5.41 Å². The van der Waals surface area contributed by atoms with Gasteiger partial charge in [-0.15, -0.1) is 9.09 Å². The highest BCUT2D eigenvalue weighted by atomic mass is 32.2. The second kappa shape index (κ2) is 8.21. The SMILES string of the molecule is CCn1nccc1-c1cc2c(=O)n(N(C(=O)C(C)(C)C)S(C)(=O)=O)c(=O)[nH]c2cc1C(F)F. The fourth-order valence-corrected chi connectivity index (χ4v) is 4.35. The topological polar surface area (TPSA) is 127 Å². The van der Waals surface area contributed by atoms with Gasteiger partial charge in [0.2, 0.25) is 0 Å². The molecule has 3 aromatic rings. The first-order chi connectivity index (χ1) is 15.2. The van der Waals surface area contributed by atoms with Gasteiger partial charge < -0.3 is 4.98 Å². The van der Waals surface area contributed by atoms with Crippen LogP contribution in [0, 0.1) is 5.41 Å². The summed E-state index contributed by atoms with van der Waals surface area (Å²) in [7, 11) is -4.41. The molecule has 3 rings (SSSR count). The van der Waals surface area contributed by atoms with E-state index in [2.05, 4.69) is 10.1 Å². The third-order valence-corrected chi connectivity index (χ3v) is 5.84. The highest BCUT2D eigenvalue weighted by Crippen LogP contribution is 2.33. The highest BCUT2D eigenvalue weighted by Gasteiger charge is 2.36. The van der Waals surface area contributed by atoms with E-state index in [1.807, 2.05) is 0 Å². The lowest BCUT2D eigenvalue weighted by Gasteiger charge is -2.27. The van der Waals surface area contributed by atoms with Crippen molar-refractivity contribution in [3.05, 3.63) is 50.8 Å². The molecule has 0 radical (unpaired) electrons. The molecule has 1 N–H and O–H groups in total. The average molecular weight is 483 g/mol. The van der Waals surface area contributed by atoms with Gasteiger partial charge >= 0.3 is 5.69 Å². The maximum Gasteiger partial charge on any atom is 0.349 e. The van der Waals surface area contributed by atoms with E-state index in [9.17, 15) is 31.6 Å². The van der Waals surface area contributed by atoms with Crippen LogP contribution in [0.4, 0.5) is 8.78 Å². The predicted molar refractivity (Wildman–Crippen MR) is 118 cm³/mol. The number of rotatable bonds is 5. The number of hydrogen-bond donors (Lipinski definition) is 1. The van der Waals surface area contributed by atoms with Crippen LogP contribution in [-0.2, 0) is 21.4 Å². The molecule has 0 aliphatic rings. The van der Waals surface area contributed by atoms with E-state index >= 15 is 0 Å². The van der Waals surface area contributed by atoms with Crippen molar-refractivity contribution in [1.29, 1.82) is 0 Å². The van der Waals surface area contributed by atoms with Crippen molar-refractivity contribution in [2.45, 2.75) is 40.7 Å². The van der Waals surface area contributed by atoms with Crippen LogP contribution in [-0.4, -0.2) is 40.0 Å². The van der Waals surface area contributed by atoms with Crippen molar-refractivity contribution in [3.8, 4) is 11.3 Å². The van der Waals surface area contributed by atoms with E-state index in [0.717, 1.165) is 12.1 Å². The van der Waals surface area contributed by atoms with Gasteiger partial charge in [-0.3, -0.25) is 14.3 Å². The molecule has 0 spiro atoms. The number of fused-ring (bicyclic) bond motifs is 1. The van der Waals surface area contributed by atoms with Gasteiger partial charge in [-0.05, 0) is 25.1 Å². The molecule has 0 bridgehead atoms. The largest absolute Gasteiger partial charge is 0.349 e. The molecule has 0 aliphatic heterocycles. The van der Waals surface area contributed by atoms with Crippen molar-refractivity contribution in [2.75, 3.05) is 10.7 Å². The maximum absolute atomic E-state index is 13.8. The summed E-state index contributed by atoms with van der Waals surface area (Å²) in [6.45, 7) is 6.39. The molecule has 0 aliphatic carbocycles. The molecule has 10 nitrogen and oxygen atoms in total. The Kier molecular flexibility index (Phi) is 6.04. The third kappa shape index (κ3) is 4.32. The number of benzene rings is 1. The van der Waals surface area contributed by atoms with Crippen molar-refractivity contribution in [3.63, 3.8) is 0 Å². The molecule has 0 saturated heterocycles. The molecule has 0 atom stereocenters. The lowest BCUT2D eigenvalue weighted by molar-refractivity contribution is -0.125. The zero-order chi connectivity index (χ0) is 24.9. The molecule has 2 heterocycles. The van der Waals surface area contributed by atoms with Crippen LogP contribution in [0.25, 0.3) is 22.2 Å². The first-order valence-corrected chi connectivity index (χ1v) is 11.7. The summed E-state index contributed by atoms with van der Waals surface area (Å²) in [5.41, 5.74) is -4.06. The molecule has 0 saturated carbocycles. The first-order valence-electron chi connectivity index (χ1n) is 9.86. The van der Waals surface area contributed by atoms with Gasteiger partial charge in [0.25, 0.3) is 27.9 Å².